The number of halogens is 1. The number of nitrogens with one attached hydrogen (secondary N) is 1. The highest BCUT2D eigenvalue weighted by molar-refractivity contribution is 6.31. The van der Waals surface area contributed by atoms with Crippen LogP contribution in [0.2, 0.25) is 5.02 Å². The summed E-state index contributed by atoms with van der Waals surface area (Å²) in [6, 6.07) is 15.8. The lowest BCUT2D eigenvalue weighted by Crippen LogP contribution is -2.32. The van der Waals surface area contributed by atoms with Crippen LogP contribution < -0.4 is 19.5 Å². The lowest BCUT2D eigenvalue weighted by atomic mass is 10.0. The van der Waals surface area contributed by atoms with Crippen LogP contribution in [-0.4, -0.2) is 38.0 Å². The van der Waals surface area contributed by atoms with E-state index in [0.29, 0.717) is 40.1 Å². The Morgan fingerprint density at radius 2 is 1.71 bits per heavy atom. The Bertz CT molecular complexity index is 1280. The van der Waals surface area contributed by atoms with Gasteiger partial charge in [-0.1, -0.05) is 35.9 Å². The van der Waals surface area contributed by atoms with Crippen molar-refractivity contribution in [3.05, 3.63) is 81.9 Å². The summed E-state index contributed by atoms with van der Waals surface area (Å²) in [5.74, 6) is 1.16. The minimum atomic E-state index is -0.533. The van der Waals surface area contributed by atoms with Gasteiger partial charge in [-0.15, -0.1) is 0 Å². The van der Waals surface area contributed by atoms with Gasteiger partial charge in [0.2, 0.25) is 5.91 Å². The molecule has 1 heterocycles. The number of amides is 2. The fourth-order valence-electron chi connectivity index (χ4n) is 4.30. The maximum absolute atomic E-state index is 13.3. The largest absolute Gasteiger partial charge is 0.495 e. The molecule has 182 valence electrons. The van der Waals surface area contributed by atoms with Crippen LogP contribution in [0, 0.1) is 6.92 Å². The van der Waals surface area contributed by atoms with Gasteiger partial charge in [0.05, 0.1) is 39.5 Å². The maximum Gasteiger partial charge on any atom is 0.255 e. The smallest absolute Gasteiger partial charge is 0.255 e. The van der Waals surface area contributed by atoms with Crippen molar-refractivity contribution in [3.63, 3.8) is 0 Å². The molecule has 3 aromatic carbocycles. The molecule has 0 aromatic heterocycles. The molecule has 0 radical (unpaired) electrons. The average molecular weight is 495 g/mol. The molecule has 2 amide bonds. The summed E-state index contributed by atoms with van der Waals surface area (Å²) in [6.45, 7) is 2.26. The molecule has 4 rings (SSSR count). The van der Waals surface area contributed by atoms with Crippen molar-refractivity contribution in [1.29, 1.82) is 0 Å². The molecule has 1 atom stereocenters. The van der Waals surface area contributed by atoms with Crippen molar-refractivity contribution in [2.45, 2.75) is 25.9 Å². The second-order valence-electron chi connectivity index (χ2n) is 8.27. The van der Waals surface area contributed by atoms with Crippen LogP contribution in [0.1, 0.15) is 39.5 Å². The van der Waals surface area contributed by atoms with Crippen LogP contribution in [-0.2, 0) is 11.3 Å². The van der Waals surface area contributed by atoms with Gasteiger partial charge in [-0.3, -0.25) is 9.59 Å². The van der Waals surface area contributed by atoms with Gasteiger partial charge in [-0.25, -0.2) is 0 Å². The number of carbonyl (C=O) groups is 2. The molecule has 0 fully saturated rings. The third-order valence-corrected chi connectivity index (χ3v) is 6.56. The molecule has 1 N–H and O–H groups in total. The molecule has 7 nitrogen and oxygen atoms in total. The average Bonchev–Trinajstić information content (AvgIpc) is 3.20. The number of nitrogens with zero attached hydrogens (tertiary/aromatic N) is 1. The summed E-state index contributed by atoms with van der Waals surface area (Å²) in [5.41, 5.74) is 3.66. The number of methoxy groups -OCH3 is 3. The van der Waals surface area contributed by atoms with Crippen molar-refractivity contribution < 1.29 is 23.8 Å². The summed E-state index contributed by atoms with van der Waals surface area (Å²) in [6.07, 6.45) is 0.0278. The number of rotatable bonds is 8. The van der Waals surface area contributed by atoms with Gasteiger partial charge in [-0.05, 0) is 47.9 Å². The standard InChI is InChI=1S/C27H27ClN2O5/c1-16-11-21(24(34-3)13-20(16)28)29-26(31)14-22(17-9-10-23(33-2)25(12-17)35-4)30-15-18-7-5-6-8-19(18)27(30)32/h5-13,22H,14-15H2,1-4H3,(H,29,31). The minimum Gasteiger partial charge on any atom is -0.495 e. The monoisotopic (exact) mass is 494 g/mol. The maximum atomic E-state index is 13.3. The van der Waals surface area contributed by atoms with E-state index in [9.17, 15) is 9.59 Å². The number of carbonyl (C=O) groups excluding carboxylic acids is 2. The molecular weight excluding hydrogens is 468 g/mol. The number of aryl methyl sites for hydroxylation is 1. The van der Waals surface area contributed by atoms with E-state index in [1.54, 1.807) is 43.4 Å². The van der Waals surface area contributed by atoms with Gasteiger partial charge >= 0.3 is 0 Å². The molecular formula is C27H27ClN2O5. The molecule has 1 unspecified atom stereocenters. The van der Waals surface area contributed by atoms with Crippen molar-refractivity contribution in [2.24, 2.45) is 0 Å². The first kappa shape index (κ1) is 24.4. The summed E-state index contributed by atoms with van der Waals surface area (Å²) >= 11 is 6.21. The van der Waals surface area contributed by atoms with Gasteiger partial charge in [0.15, 0.2) is 11.5 Å². The first-order valence-corrected chi connectivity index (χ1v) is 11.5. The molecule has 3 aromatic rings. The van der Waals surface area contributed by atoms with E-state index in [-0.39, 0.29) is 18.2 Å². The number of benzene rings is 3. The Morgan fingerprint density at radius 1 is 1.00 bits per heavy atom. The molecule has 0 bridgehead atoms. The minimum absolute atomic E-state index is 0.0278. The van der Waals surface area contributed by atoms with E-state index < -0.39 is 6.04 Å². The molecule has 0 aliphatic carbocycles. The van der Waals surface area contributed by atoms with Crippen molar-refractivity contribution >= 4 is 29.1 Å². The highest BCUT2D eigenvalue weighted by atomic mass is 35.5. The predicted octanol–water partition coefficient (Wildman–Crippen LogP) is 5.40. The fraction of sp³-hybridized carbons (Fsp3) is 0.259. The van der Waals surface area contributed by atoms with Gasteiger partial charge < -0.3 is 24.4 Å². The lowest BCUT2D eigenvalue weighted by molar-refractivity contribution is -0.117. The number of fused-ring (bicyclic) bond motifs is 1. The second kappa shape index (κ2) is 10.3. The third-order valence-electron chi connectivity index (χ3n) is 6.15. The third kappa shape index (κ3) is 4.91. The summed E-state index contributed by atoms with van der Waals surface area (Å²) < 4.78 is 16.2. The van der Waals surface area contributed by atoms with E-state index in [1.807, 2.05) is 37.3 Å². The summed E-state index contributed by atoms with van der Waals surface area (Å²) in [7, 11) is 4.63. The van der Waals surface area contributed by atoms with Crippen molar-refractivity contribution in [1.82, 2.24) is 4.90 Å². The number of hydrogen-bond donors (Lipinski definition) is 1. The highest BCUT2D eigenvalue weighted by Gasteiger charge is 2.35. The lowest BCUT2D eigenvalue weighted by Gasteiger charge is -2.28. The Balaban J connectivity index is 1.67. The zero-order chi connectivity index (χ0) is 25.1. The quantitative estimate of drug-likeness (QED) is 0.453. The van der Waals surface area contributed by atoms with Crippen LogP contribution in [0.25, 0.3) is 0 Å². The van der Waals surface area contributed by atoms with Crippen molar-refractivity contribution in [3.8, 4) is 17.2 Å². The van der Waals surface area contributed by atoms with E-state index in [1.165, 1.54) is 7.11 Å². The number of anilines is 1. The van der Waals surface area contributed by atoms with Crippen molar-refractivity contribution in [2.75, 3.05) is 26.6 Å². The molecule has 1 aliphatic heterocycles. The van der Waals surface area contributed by atoms with E-state index in [2.05, 4.69) is 5.32 Å². The Morgan fingerprint density at radius 3 is 2.40 bits per heavy atom. The molecule has 0 spiro atoms. The fourth-order valence-corrected chi connectivity index (χ4v) is 4.46. The van der Waals surface area contributed by atoms with E-state index in [4.69, 9.17) is 25.8 Å². The normalized spacial score (nSPS) is 13.3. The first-order chi connectivity index (χ1) is 16.9. The molecule has 0 saturated carbocycles. The number of ether oxygens (including phenoxy) is 3. The van der Waals surface area contributed by atoms with Crippen LogP contribution >= 0.6 is 11.6 Å². The summed E-state index contributed by atoms with van der Waals surface area (Å²) in [5, 5.41) is 3.47. The Kier molecular flexibility index (Phi) is 7.17. The van der Waals surface area contributed by atoms with Crippen LogP contribution in [0.5, 0.6) is 17.2 Å². The first-order valence-electron chi connectivity index (χ1n) is 11.1. The molecule has 0 saturated heterocycles. The predicted molar refractivity (Wildman–Crippen MR) is 135 cm³/mol. The van der Waals surface area contributed by atoms with Crippen LogP contribution in [0.15, 0.2) is 54.6 Å². The van der Waals surface area contributed by atoms with Gasteiger partial charge in [0, 0.05) is 23.2 Å². The topological polar surface area (TPSA) is 77.1 Å². The van der Waals surface area contributed by atoms with Gasteiger partial charge in [0.25, 0.3) is 5.91 Å². The molecule has 1 aliphatic rings. The Labute approximate surface area is 209 Å². The second-order valence-corrected chi connectivity index (χ2v) is 8.68. The number of hydrogen-bond acceptors (Lipinski definition) is 5. The molecule has 35 heavy (non-hydrogen) atoms. The Hall–Kier alpha value is -3.71. The van der Waals surface area contributed by atoms with Gasteiger partial charge in [0.1, 0.15) is 5.75 Å². The SMILES string of the molecule is COc1cc(Cl)c(C)cc1NC(=O)CC(c1ccc(OC)c(OC)c1)N1Cc2ccccc2C1=O. The zero-order valence-electron chi connectivity index (χ0n) is 20.1. The zero-order valence-corrected chi connectivity index (χ0v) is 20.8. The van der Waals surface area contributed by atoms with Crippen LogP contribution in [0.3, 0.4) is 0 Å². The van der Waals surface area contributed by atoms with Gasteiger partial charge in [-0.2, -0.15) is 0 Å². The van der Waals surface area contributed by atoms with E-state index >= 15 is 0 Å². The highest BCUT2D eigenvalue weighted by Crippen LogP contribution is 2.38. The van der Waals surface area contributed by atoms with E-state index in [0.717, 1.165) is 16.7 Å². The summed E-state index contributed by atoms with van der Waals surface area (Å²) in [4.78, 5) is 28.3. The van der Waals surface area contributed by atoms with Crippen LogP contribution in [0.4, 0.5) is 5.69 Å². The molecule has 8 heteroatoms.